The van der Waals surface area contributed by atoms with E-state index in [1.54, 1.807) is 24.3 Å². The van der Waals surface area contributed by atoms with E-state index in [-0.39, 0.29) is 10.3 Å². The smallest absolute Gasteiger partial charge is 0.256 e. The Kier molecular flexibility index (Phi) is 7.41. The molecule has 0 unspecified atom stereocenters. The van der Waals surface area contributed by atoms with Crippen molar-refractivity contribution < 1.29 is 13.2 Å². The van der Waals surface area contributed by atoms with Crippen LogP contribution in [0.15, 0.2) is 29.2 Å². The van der Waals surface area contributed by atoms with Gasteiger partial charge in [-0.25, -0.2) is 8.42 Å². The van der Waals surface area contributed by atoms with Gasteiger partial charge >= 0.3 is 0 Å². The zero-order valence-electron chi connectivity index (χ0n) is 16.8. The van der Waals surface area contributed by atoms with Crippen molar-refractivity contribution in [3.8, 4) is 0 Å². The summed E-state index contributed by atoms with van der Waals surface area (Å²) >= 11 is 5.15. The second-order valence-corrected chi connectivity index (χ2v) is 10.3. The van der Waals surface area contributed by atoms with Gasteiger partial charge in [-0.3, -0.25) is 15.6 Å². The summed E-state index contributed by atoms with van der Waals surface area (Å²) in [5.74, 6) is -0.523. The van der Waals surface area contributed by atoms with E-state index in [0.29, 0.717) is 11.2 Å². The number of rotatable bonds is 5. The highest BCUT2D eigenvalue weighted by molar-refractivity contribution is 7.89. The van der Waals surface area contributed by atoms with Gasteiger partial charge in [0, 0.05) is 6.04 Å². The van der Waals surface area contributed by atoms with Crippen LogP contribution in [0.1, 0.15) is 58.9 Å². The highest BCUT2D eigenvalue weighted by Gasteiger charge is 2.23. The van der Waals surface area contributed by atoms with Gasteiger partial charge in [0.15, 0.2) is 5.11 Å². The molecule has 28 heavy (non-hydrogen) atoms. The number of nitrogens with one attached hydrogen (secondary N) is 4. The van der Waals surface area contributed by atoms with E-state index in [2.05, 4.69) is 41.7 Å². The Balaban J connectivity index is 1.88. The molecule has 0 spiro atoms. The van der Waals surface area contributed by atoms with Crippen LogP contribution in [-0.2, 0) is 20.2 Å². The van der Waals surface area contributed by atoms with E-state index in [9.17, 15) is 13.2 Å². The zero-order valence-corrected chi connectivity index (χ0v) is 18.5. The third kappa shape index (κ3) is 6.42. The fraction of sp³-hybridized carbons (Fsp3) is 0.579. The lowest BCUT2D eigenvalue weighted by molar-refractivity contribution is -0.122. The topological polar surface area (TPSA) is 99.3 Å². The second kappa shape index (κ2) is 9.19. The summed E-state index contributed by atoms with van der Waals surface area (Å²) in [6.45, 7) is 7.64. The first-order valence-corrected chi connectivity index (χ1v) is 11.4. The molecule has 1 saturated carbocycles. The minimum Gasteiger partial charge on any atom is -0.359 e. The third-order valence-corrected chi connectivity index (χ3v) is 6.52. The van der Waals surface area contributed by atoms with Crippen molar-refractivity contribution in [2.24, 2.45) is 0 Å². The summed E-state index contributed by atoms with van der Waals surface area (Å²) in [6, 6.07) is 6.03. The number of sulfonamides is 1. The van der Waals surface area contributed by atoms with Crippen LogP contribution < -0.4 is 20.9 Å². The molecule has 156 valence electrons. The predicted molar refractivity (Wildman–Crippen MR) is 114 cm³/mol. The Morgan fingerprint density at radius 3 is 2.21 bits per heavy atom. The quantitative estimate of drug-likeness (QED) is 0.425. The van der Waals surface area contributed by atoms with Gasteiger partial charge in [0.05, 0.1) is 10.9 Å². The van der Waals surface area contributed by atoms with Crippen molar-refractivity contribution in [1.82, 2.24) is 20.9 Å². The van der Waals surface area contributed by atoms with E-state index in [0.717, 1.165) is 18.4 Å². The van der Waals surface area contributed by atoms with Crippen molar-refractivity contribution in [3.63, 3.8) is 0 Å². The van der Waals surface area contributed by atoms with Gasteiger partial charge in [-0.1, -0.05) is 45.7 Å². The summed E-state index contributed by atoms with van der Waals surface area (Å²) in [4.78, 5) is 12.3. The molecule has 7 nitrogen and oxygen atoms in total. The van der Waals surface area contributed by atoms with Crippen molar-refractivity contribution >= 4 is 33.3 Å². The SMILES string of the molecule is C[C@H](NS(=O)(=O)c1ccc(C(C)(C)C)cc1)C(=O)NNC(=S)NC1CCCC1. The molecule has 0 heterocycles. The van der Waals surface area contributed by atoms with E-state index in [1.165, 1.54) is 19.8 Å². The molecule has 0 saturated heterocycles. The van der Waals surface area contributed by atoms with Crippen LogP contribution in [0.5, 0.6) is 0 Å². The molecule has 9 heteroatoms. The molecule has 1 fully saturated rings. The van der Waals surface area contributed by atoms with Crippen molar-refractivity contribution in [3.05, 3.63) is 29.8 Å². The lowest BCUT2D eigenvalue weighted by atomic mass is 9.87. The predicted octanol–water partition coefficient (Wildman–Crippen LogP) is 2.09. The number of hydrogen-bond donors (Lipinski definition) is 4. The van der Waals surface area contributed by atoms with Gasteiger partial charge in [0.2, 0.25) is 10.0 Å². The summed E-state index contributed by atoms with van der Waals surface area (Å²) in [7, 11) is -3.81. The number of carbonyl (C=O) groups excluding carboxylic acids is 1. The molecule has 0 aromatic heterocycles. The Morgan fingerprint density at radius 1 is 1.11 bits per heavy atom. The molecule has 1 atom stereocenters. The van der Waals surface area contributed by atoms with Crippen molar-refractivity contribution in [2.75, 3.05) is 0 Å². The fourth-order valence-corrected chi connectivity index (χ4v) is 4.43. The average Bonchev–Trinajstić information content (AvgIpc) is 3.11. The second-order valence-electron chi connectivity index (χ2n) is 8.19. The van der Waals surface area contributed by atoms with Gasteiger partial charge in [0.25, 0.3) is 5.91 Å². The summed E-state index contributed by atoms with van der Waals surface area (Å²) in [5.41, 5.74) is 6.03. The van der Waals surface area contributed by atoms with Gasteiger partial charge in [-0.05, 0) is 55.1 Å². The molecular formula is C19H30N4O3S2. The van der Waals surface area contributed by atoms with Crippen molar-refractivity contribution in [2.45, 2.75) is 75.8 Å². The maximum absolute atomic E-state index is 12.5. The minimum absolute atomic E-state index is 0.0699. The normalized spacial score (nSPS) is 16.4. The summed E-state index contributed by atoms with van der Waals surface area (Å²) in [6.07, 6.45) is 4.45. The molecule has 2 rings (SSSR count). The Bertz CT molecular complexity index is 795. The number of carbonyl (C=O) groups is 1. The van der Waals surface area contributed by atoms with Crippen LogP contribution in [-0.4, -0.2) is 31.5 Å². The van der Waals surface area contributed by atoms with Crippen LogP contribution in [0.4, 0.5) is 0 Å². The van der Waals surface area contributed by atoms with Crippen LogP contribution in [0.3, 0.4) is 0 Å². The molecule has 4 N–H and O–H groups in total. The molecule has 1 aliphatic rings. The maximum Gasteiger partial charge on any atom is 0.256 e. The molecule has 1 aliphatic carbocycles. The monoisotopic (exact) mass is 426 g/mol. The lowest BCUT2D eigenvalue weighted by Crippen LogP contribution is -2.54. The highest BCUT2D eigenvalue weighted by atomic mass is 32.2. The first kappa shape index (κ1) is 22.6. The van der Waals surface area contributed by atoms with Gasteiger partial charge in [-0.15, -0.1) is 0 Å². The van der Waals surface area contributed by atoms with Crippen LogP contribution in [0.25, 0.3) is 0 Å². The molecule has 1 aromatic carbocycles. The zero-order chi connectivity index (χ0) is 20.9. The number of hydrazine groups is 1. The minimum atomic E-state index is -3.81. The maximum atomic E-state index is 12.5. The van der Waals surface area contributed by atoms with Crippen molar-refractivity contribution in [1.29, 1.82) is 0 Å². The van der Waals surface area contributed by atoms with E-state index in [4.69, 9.17) is 12.2 Å². The Labute approximate surface area is 173 Å². The first-order valence-electron chi connectivity index (χ1n) is 9.48. The standard InChI is InChI=1S/C19H30N4O3S2/c1-13(17(24)21-22-18(27)20-15-7-5-6-8-15)23-28(25,26)16-11-9-14(10-12-16)19(2,3)4/h9-13,15,23H,5-8H2,1-4H3,(H,21,24)(H2,20,22,27)/t13-/m0/s1. The summed E-state index contributed by atoms with van der Waals surface area (Å²) < 4.78 is 27.4. The number of benzene rings is 1. The van der Waals surface area contributed by atoms with Gasteiger partial charge < -0.3 is 5.32 Å². The molecule has 1 aromatic rings. The molecule has 0 radical (unpaired) electrons. The largest absolute Gasteiger partial charge is 0.359 e. The van der Waals surface area contributed by atoms with E-state index >= 15 is 0 Å². The summed E-state index contributed by atoms with van der Waals surface area (Å²) in [5, 5.41) is 3.46. The fourth-order valence-electron chi connectivity index (χ4n) is 3.01. The molecular weight excluding hydrogens is 396 g/mol. The van der Waals surface area contributed by atoms with Crippen LogP contribution in [0.2, 0.25) is 0 Å². The third-order valence-electron chi connectivity index (χ3n) is 4.75. The van der Waals surface area contributed by atoms with Crippen LogP contribution in [0, 0.1) is 0 Å². The molecule has 0 aliphatic heterocycles. The van der Waals surface area contributed by atoms with Gasteiger partial charge in [0.1, 0.15) is 0 Å². The van der Waals surface area contributed by atoms with Gasteiger partial charge in [-0.2, -0.15) is 4.72 Å². The van der Waals surface area contributed by atoms with E-state index in [1.807, 2.05) is 0 Å². The molecule has 1 amide bonds. The van der Waals surface area contributed by atoms with E-state index < -0.39 is 22.0 Å². The lowest BCUT2D eigenvalue weighted by Gasteiger charge is -2.20. The molecule has 0 bridgehead atoms. The number of amides is 1. The number of hydrogen-bond acceptors (Lipinski definition) is 4. The Morgan fingerprint density at radius 2 is 1.68 bits per heavy atom. The Hall–Kier alpha value is -1.71. The average molecular weight is 427 g/mol. The number of thiocarbonyl (C=S) groups is 1. The first-order chi connectivity index (χ1) is 13.0. The van der Waals surface area contributed by atoms with Crippen LogP contribution >= 0.6 is 12.2 Å². The highest BCUT2D eigenvalue weighted by Crippen LogP contribution is 2.23.